The molecule has 306 valence electrons. The Bertz CT molecular complexity index is 2170. The highest BCUT2D eigenvalue weighted by Gasteiger charge is 2.26. The van der Waals surface area contributed by atoms with E-state index in [4.69, 9.17) is 28.4 Å². The molecule has 1 saturated heterocycles. The Balaban J connectivity index is 0.00000360. The molecule has 0 N–H and O–H groups in total. The van der Waals surface area contributed by atoms with Gasteiger partial charge in [0.2, 0.25) is 11.5 Å². The maximum Gasteiger partial charge on any atom is 0.203 e. The number of benzene rings is 4. The van der Waals surface area contributed by atoms with Gasteiger partial charge in [0, 0.05) is 55.9 Å². The molecule has 6 rings (SSSR count). The van der Waals surface area contributed by atoms with Crippen LogP contribution in [0, 0.1) is 0 Å². The van der Waals surface area contributed by atoms with Crippen molar-refractivity contribution in [2.24, 2.45) is 0 Å². The lowest BCUT2D eigenvalue weighted by Gasteiger charge is -2.40. The molecule has 0 atom stereocenters. The van der Waals surface area contributed by atoms with E-state index in [9.17, 15) is 8.42 Å². The van der Waals surface area contributed by atoms with E-state index in [1.807, 2.05) is 42.6 Å². The summed E-state index contributed by atoms with van der Waals surface area (Å²) in [5, 5.41) is 0. The summed E-state index contributed by atoms with van der Waals surface area (Å²) in [4.78, 5) is 9.84. The van der Waals surface area contributed by atoms with E-state index in [-0.39, 0.29) is 30.9 Å². The molecule has 1 fully saturated rings. The van der Waals surface area contributed by atoms with Gasteiger partial charge in [0.05, 0.1) is 53.2 Å². The van der Waals surface area contributed by atoms with Crippen molar-refractivity contribution in [2.75, 3.05) is 66.9 Å². The van der Waals surface area contributed by atoms with Crippen LogP contribution in [-0.2, 0) is 22.9 Å². The number of pyridine rings is 1. The number of piperidine rings is 1. The smallest absolute Gasteiger partial charge is 0.203 e. The molecule has 0 spiro atoms. The molecule has 2 heterocycles. The predicted octanol–water partition coefficient (Wildman–Crippen LogP) is 8.39. The fourth-order valence-electron chi connectivity index (χ4n) is 7.22. The summed E-state index contributed by atoms with van der Waals surface area (Å²) in [6.45, 7) is 3.22. The molecule has 5 aromatic rings. The highest BCUT2D eigenvalue weighted by molar-refractivity contribution is 7.90. The Morgan fingerprint density at radius 1 is 0.649 bits per heavy atom. The number of ether oxygens (including phenoxy) is 6. The van der Waals surface area contributed by atoms with Gasteiger partial charge in [-0.05, 0) is 102 Å². The number of hydrogen-bond donors (Lipinski definition) is 0. The topological polar surface area (TPSA) is 109 Å². The number of likely N-dealkylation sites (tertiary alicyclic amines) is 1. The zero-order valence-corrected chi connectivity index (χ0v) is 35.8. The highest BCUT2D eigenvalue weighted by atomic mass is 35.5. The van der Waals surface area contributed by atoms with Gasteiger partial charge in [-0.2, -0.15) is 0 Å². The fourth-order valence-corrected chi connectivity index (χ4v) is 7.85. The molecule has 0 amide bonds. The Kier molecular flexibility index (Phi) is 15.7. The van der Waals surface area contributed by atoms with Crippen LogP contribution in [-0.4, -0.2) is 86.3 Å². The standard InChI is InChI=1S/C43H49N3O8S.2ClH/c1-49-38-23-32(24-39(50-2)42(38)53-5)31-10-8-9-29(21-31)28-46(34-11-13-36(14-12-34)55(7,47)48)35-16-19-45(20-17-35)27-30-15-18-44-37(22-30)33-25-40(51-3)43(54-6)41(26-33)52-4;;/h8-15,18,21-26,35H,16-17,19-20,27-28H2,1-7H3;2*1H. The summed E-state index contributed by atoms with van der Waals surface area (Å²) in [5.74, 6) is 3.42. The van der Waals surface area contributed by atoms with Crippen LogP contribution in [0.2, 0.25) is 0 Å². The predicted molar refractivity (Wildman–Crippen MR) is 229 cm³/mol. The molecule has 0 radical (unpaired) electrons. The molecule has 57 heavy (non-hydrogen) atoms. The number of hydrogen-bond acceptors (Lipinski definition) is 11. The van der Waals surface area contributed by atoms with Gasteiger partial charge in [-0.3, -0.25) is 9.88 Å². The Morgan fingerprint density at radius 2 is 1.19 bits per heavy atom. The van der Waals surface area contributed by atoms with Gasteiger partial charge in [-0.25, -0.2) is 8.42 Å². The third kappa shape index (κ3) is 10.4. The van der Waals surface area contributed by atoms with Crippen molar-refractivity contribution in [1.29, 1.82) is 0 Å². The zero-order chi connectivity index (χ0) is 39.1. The van der Waals surface area contributed by atoms with Crippen molar-refractivity contribution in [2.45, 2.75) is 36.9 Å². The number of sulfone groups is 1. The minimum absolute atomic E-state index is 0. The lowest BCUT2D eigenvalue weighted by atomic mass is 9.98. The largest absolute Gasteiger partial charge is 0.493 e. The fraction of sp³-hybridized carbons (Fsp3) is 0.326. The van der Waals surface area contributed by atoms with Crippen LogP contribution in [0.3, 0.4) is 0 Å². The minimum atomic E-state index is -3.33. The normalized spacial score (nSPS) is 13.1. The summed E-state index contributed by atoms with van der Waals surface area (Å²) in [6, 6.07) is 27.8. The molecule has 1 aromatic heterocycles. The number of nitrogens with zero attached hydrogens (tertiary/aromatic N) is 3. The molecule has 0 bridgehead atoms. The first-order valence-corrected chi connectivity index (χ1v) is 19.9. The second-order valence-electron chi connectivity index (χ2n) is 13.5. The number of halogens is 2. The Morgan fingerprint density at radius 3 is 1.70 bits per heavy atom. The van der Waals surface area contributed by atoms with Gasteiger partial charge >= 0.3 is 0 Å². The first-order valence-electron chi connectivity index (χ1n) is 18.0. The van der Waals surface area contributed by atoms with Crippen molar-refractivity contribution in [3.8, 4) is 56.9 Å². The number of rotatable bonds is 15. The molecule has 1 aliphatic rings. The Hall–Kier alpha value is -4.88. The lowest BCUT2D eigenvalue weighted by molar-refractivity contribution is 0.201. The summed E-state index contributed by atoms with van der Waals surface area (Å²) in [7, 11) is 6.30. The average Bonchev–Trinajstić information content (AvgIpc) is 3.21. The minimum Gasteiger partial charge on any atom is -0.493 e. The van der Waals surface area contributed by atoms with Crippen molar-refractivity contribution in [3.05, 3.63) is 102 Å². The molecule has 0 saturated carbocycles. The lowest BCUT2D eigenvalue weighted by Crippen LogP contribution is -2.44. The molecule has 0 aliphatic carbocycles. The molecule has 1 aliphatic heterocycles. The number of methoxy groups -OCH3 is 6. The SMILES string of the molecule is COc1cc(-c2cccc(CN(c3ccc(S(C)(=O)=O)cc3)C3CCN(Cc4ccnc(-c5cc(OC)c(OC)c(OC)c5)c4)CC3)c2)cc(OC)c1OC.Cl.Cl. The second kappa shape index (κ2) is 20.0. The van der Waals surface area contributed by atoms with Gasteiger partial charge in [-0.15, -0.1) is 24.8 Å². The third-order valence-electron chi connectivity index (χ3n) is 10.1. The first kappa shape index (κ1) is 44.8. The Labute approximate surface area is 348 Å². The maximum atomic E-state index is 12.3. The van der Waals surface area contributed by atoms with Crippen LogP contribution in [0.1, 0.15) is 24.0 Å². The van der Waals surface area contributed by atoms with Crippen LogP contribution in [0.5, 0.6) is 34.5 Å². The van der Waals surface area contributed by atoms with Crippen LogP contribution >= 0.6 is 24.8 Å². The molecule has 0 unspecified atom stereocenters. The molecular weight excluding hydrogens is 789 g/mol. The highest BCUT2D eigenvalue weighted by Crippen LogP contribution is 2.42. The van der Waals surface area contributed by atoms with Gasteiger partial charge in [0.1, 0.15) is 0 Å². The second-order valence-corrected chi connectivity index (χ2v) is 15.5. The maximum absolute atomic E-state index is 12.3. The van der Waals surface area contributed by atoms with Crippen molar-refractivity contribution in [3.63, 3.8) is 0 Å². The summed E-state index contributed by atoms with van der Waals surface area (Å²) >= 11 is 0. The van der Waals surface area contributed by atoms with Gasteiger partial charge in [-0.1, -0.05) is 18.2 Å². The van der Waals surface area contributed by atoms with Crippen LogP contribution < -0.4 is 33.3 Å². The van der Waals surface area contributed by atoms with E-state index in [0.29, 0.717) is 45.9 Å². The average molecular weight is 841 g/mol. The molecule has 14 heteroatoms. The quantitative estimate of drug-likeness (QED) is 0.101. The van der Waals surface area contributed by atoms with Gasteiger partial charge in [0.15, 0.2) is 32.8 Å². The summed E-state index contributed by atoms with van der Waals surface area (Å²) in [6.07, 6.45) is 4.95. The van der Waals surface area contributed by atoms with Gasteiger partial charge < -0.3 is 33.3 Å². The monoisotopic (exact) mass is 839 g/mol. The van der Waals surface area contributed by atoms with E-state index in [1.165, 1.54) is 6.26 Å². The molecule has 11 nitrogen and oxygen atoms in total. The van der Waals surface area contributed by atoms with E-state index in [2.05, 4.69) is 51.2 Å². The summed E-state index contributed by atoms with van der Waals surface area (Å²) in [5.41, 5.74) is 6.92. The number of anilines is 1. The van der Waals surface area contributed by atoms with E-state index in [1.54, 1.807) is 54.8 Å². The third-order valence-corrected chi connectivity index (χ3v) is 11.2. The van der Waals surface area contributed by atoms with Crippen molar-refractivity contribution in [1.82, 2.24) is 9.88 Å². The van der Waals surface area contributed by atoms with Crippen LogP contribution in [0.4, 0.5) is 5.69 Å². The van der Waals surface area contributed by atoms with Crippen LogP contribution in [0.25, 0.3) is 22.4 Å². The van der Waals surface area contributed by atoms with E-state index >= 15 is 0 Å². The van der Waals surface area contributed by atoms with E-state index in [0.717, 1.165) is 71.7 Å². The summed E-state index contributed by atoms with van der Waals surface area (Å²) < 4.78 is 58.1. The zero-order valence-electron chi connectivity index (χ0n) is 33.3. The van der Waals surface area contributed by atoms with Crippen LogP contribution in [0.15, 0.2) is 96.0 Å². The van der Waals surface area contributed by atoms with Gasteiger partial charge in [0.25, 0.3) is 0 Å². The van der Waals surface area contributed by atoms with Crippen molar-refractivity contribution < 1.29 is 36.8 Å². The van der Waals surface area contributed by atoms with E-state index < -0.39 is 9.84 Å². The molecular formula is C43H51Cl2N3O8S. The van der Waals surface area contributed by atoms with Crippen molar-refractivity contribution >= 4 is 40.3 Å². The first-order chi connectivity index (χ1) is 26.6. The number of aromatic nitrogens is 1. The molecule has 4 aromatic carbocycles.